The van der Waals surface area contributed by atoms with Gasteiger partial charge in [-0.1, -0.05) is 5.16 Å². The van der Waals surface area contributed by atoms with Crippen LogP contribution in [-0.4, -0.2) is 34.7 Å². The van der Waals surface area contributed by atoms with E-state index in [9.17, 15) is 9.18 Å². The number of pyridine rings is 1. The van der Waals surface area contributed by atoms with E-state index in [2.05, 4.69) is 20.4 Å². The standard InChI is InChI=1S/C18H19FN4O3/c1-10-8-14(13-5-4-12(19)9-15(13)20-10)17(24)21-11(2)18-22-16(23-26-18)6-7-25-3/h4-5,8-9,11H,6-7H2,1-3H3,(H,21,24)/t11-/m0/s1. The number of ether oxygens (including phenoxy) is 1. The molecule has 0 bridgehead atoms. The molecule has 26 heavy (non-hydrogen) atoms. The number of nitrogens with one attached hydrogen (secondary N) is 1. The predicted octanol–water partition coefficient (Wildman–Crippen LogP) is 2.75. The molecule has 7 nitrogen and oxygen atoms in total. The Kier molecular flexibility index (Phi) is 5.22. The molecule has 8 heteroatoms. The predicted molar refractivity (Wildman–Crippen MR) is 92.2 cm³/mol. The summed E-state index contributed by atoms with van der Waals surface area (Å²) in [5.41, 5.74) is 1.47. The maximum Gasteiger partial charge on any atom is 0.252 e. The number of aryl methyl sites for hydroxylation is 1. The highest BCUT2D eigenvalue weighted by atomic mass is 19.1. The first-order valence-corrected chi connectivity index (χ1v) is 8.17. The number of rotatable bonds is 6. The first-order chi connectivity index (χ1) is 12.5. The fourth-order valence-electron chi connectivity index (χ4n) is 2.60. The summed E-state index contributed by atoms with van der Waals surface area (Å²) < 4.78 is 23.6. The van der Waals surface area contributed by atoms with Crippen LogP contribution >= 0.6 is 0 Å². The van der Waals surface area contributed by atoms with Gasteiger partial charge in [0.2, 0.25) is 5.89 Å². The van der Waals surface area contributed by atoms with Crippen LogP contribution in [0.4, 0.5) is 4.39 Å². The van der Waals surface area contributed by atoms with Gasteiger partial charge in [-0.25, -0.2) is 4.39 Å². The topological polar surface area (TPSA) is 90.1 Å². The van der Waals surface area contributed by atoms with Crippen molar-refractivity contribution >= 4 is 16.8 Å². The summed E-state index contributed by atoms with van der Waals surface area (Å²) in [4.78, 5) is 21.2. The van der Waals surface area contributed by atoms with E-state index in [1.165, 1.54) is 12.1 Å². The number of methoxy groups -OCH3 is 1. The third kappa shape index (κ3) is 3.85. The number of aromatic nitrogens is 3. The SMILES string of the molecule is COCCc1noc([C@H](C)NC(=O)c2cc(C)nc3cc(F)ccc23)n1. The van der Waals surface area contributed by atoms with Crippen LogP contribution in [0.2, 0.25) is 0 Å². The van der Waals surface area contributed by atoms with Crippen LogP contribution < -0.4 is 5.32 Å². The molecule has 1 amide bonds. The zero-order valence-electron chi connectivity index (χ0n) is 14.7. The smallest absolute Gasteiger partial charge is 0.252 e. The minimum atomic E-state index is -0.477. The highest BCUT2D eigenvalue weighted by Gasteiger charge is 2.19. The van der Waals surface area contributed by atoms with Crippen LogP contribution in [0.25, 0.3) is 10.9 Å². The lowest BCUT2D eigenvalue weighted by molar-refractivity contribution is 0.0934. The lowest BCUT2D eigenvalue weighted by atomic mass is 10.1. The molecule has 1 N–H and O–H groups in total. The van der Waals surface area contributed by atoms with Gasteiger partial charge in [0.1, 0.15) is 11.9 Å². The molecule has 0 radical (unpaired) electrons. The van der Waals surface area contributed by atoms with Crippen molar-refractivity contribution in [2.75, 3.05) is 13.7 Å². The molecule has 0 aliphatic carbocycles. The Morgan fingerprint density at radius 3 is 2.92 bits per heavy atom. The van der Waals surface area contributed by atoms with Crippen molar-refractivity contribution < 1.29 is 18.4 Å². The zero-order valence-corrected chi connectivity index (χ0v) is 14.7. The Balaban J connectivity index is 1.81. The number of benzene rings is 1. The molecule has 0 saturated carbocycles. The summed E-state index contributed by atoms with van der Waals surface area (Å²) in [6.45, 7) is 3.99. The Labute approximate surface area is 149 Å². The summed E-state index contributed by atoms with van der Waals surface area (Å²) in [5.74, 6) is 0.107. The molecular formula is C18H19FN4O3. The molecule has 0 saturated heterocycles. The van der Waals surface area contributed by atoms with Crippen LogP contribution in [0.5, 0.6) is 0 Å². The zero-order chi connectivity index (χ0) is 18.7. The van der Waals surface area contributed by atoms with Gasteiger partial charge in [-0.15, -0.1) is 0 Å². The minimum absolute atomic E-state index is 0.311. The van der Waals surface area contributed by atoms with Crippen molar-refractivity contribution in [3.05, 3.63) is 53.1 Å². The number of halogens is 1. The summed E-state index contributed by atoms with van der Waals surface area (Å²) in [6, 6.07) is 5.35. The third-order valence-electron chi connectivity index (χ3n) is 3.88. The highest BCUT2D eigenvalue weighted by Crippen LogP contribution is 2.21. The molecule has 3 aromatic rings. The van der Waals surface area contributed by atoms with E-state index in [4.69, 9.17) is 9.26 Å². The van der Waals surface area contributed by atoms with E-state index >= 15 is 0 Å². The van der Waals surface area contributed by atoms with Gasteiger partial charge in [-0.2, -0.15) is 4.98 Å². The van der Waals surface area contributed by atoms with Crippen molar-refractivity contribution in [1.82, 2.24) is 20.4 Å². The van der Waals surface area contributed by atoms with Crippen molar-refractivity contribution in [1.29, 1.82) is 0 Å². The first kappa shape index (κ1) is 17.9. The molecule has 1 atom stereocenters. The van der Waals surface area contributed by atoms with Crippen molar-refractivity contribution in [2.24, 2.45) is 0 Å². The fraction of sp³-hybridized carbons (Fsp3) is 0.333. The number of carbonyl (C=O) groups excluding carboxylic acids is 1. The lowest BCUT2D eigenvalue weighted by Gasteiger charge is -2.12. The normalized spacial score (nSPS) is 12.3. The fourth-order valence-corrected chi connectivity index (χ4v) is 2.60. The Bertz CT molecular complexity index is 936. The van der Waals surface area contributed by atoms with Gasteiger partial charge in [-0.05, 0) is 32.0 Å². The monoisotopic (exact) mass is 358 g/mol. The Morgan fingerprint density at radius 2 is 2.15 bits per heavy atom. The van der Waals surface area contributed by atoms with Crippen LogP contribution in [0.1, 0.15) is 40.7 Å². The molecule has 0 aliphatic rings. The van der Waals surface area contributed by atoms with E-state index < -0.39 is 11.9 Å². The lowest BCUT2D eigenvalue weighted by Crippen LogP contribution is -2.27. The first-order valence-electron chi connectivity index (χ1n) is 8.17. The number of nitrogens with zero attached hydrogens (tertiary/aromatic N) is 3. The van der Waals surface area contributed by atoms with Gasteiger partial charge in [-0.3, -0.25) is 9.78 Å². The van der Waals surface area contributed by atoms with E-state index in [1.54, 1.807) is 33.1 Å². The molecule has 3 rings (SSSR count). The summed E-state index contributed by atoms with van der Waals surface area (Å²) in [5, 5.41) is 7.26. The maximum atomic E-state index is 13.4. The maximum absolute atomic E-state index is 13.4. The second kappa shape index (κ2) is 7.57. The second-order valence-electron chi connectivity index (χ2n) is 5.96. The minimum Gasteiger partial charge on any atom is -0.384 e. The molecule has 0 fully saturated rings. The number of fused-ring (bicyclic) bond motifs is 1. The third-order valence-corrected chi connectivity index (χ3v) is 3.88. The summed E-state index contributed by atoms with van der Waals surface area (Å²) in [7, 11) is 1.59. The van der Waals surface area contributed by atoms with E-state index in [0.717, 1.165) is 0 Å². The van der Waals surface area contributed by atoms with Gasteiger partial charge in [0, 0.05) is 30.7 Å². The van der Waals surface area contributed by atoms with Gasteiger partial charge < -0.3 is 14.6 Å². The molecule has 1 aromatic carbocycles. The molecule has 0 unspecified atom stereocenters. The average molecular weight is 358 g/mol. The van der Waals surface area contributed by atoms with E-state index in [-0.39, 0.29) is 5.91 Å². The number of hydrogen-bond donors (Lipinski definition) is 1. The highest BCUT2D eigenvalue weighted by molar-refractivity contribution is 6.06. The molecular weight excluding hydrogens is 339 g/mol. The van der Waals surface area contributed by atoms with Crippen LogP contribution in [-0.2, 0) is 11.2 Å². The molecule has 2 aromatic heterocycles. The molecule has 0 spiro atoms. The Hall–Kier alpha value is -2.87. The van der Waals surface area contributed by atoms with Crippen molar-refractivity contribution in [3.8, 4) is 0 Å². The quantitative estimate of drug-likeness (QED) is 0.729. The summed E-state index contributed by atoms with van der Waals surface area (Å²) >= 11 is 0. The van der Waals surface area contributed by atoms with Crippen LogP contribution in [0.3, 0.4) is 0 Å². The molecule has 2 heterocycles. The van der Waals surface area contributed by atoms with E-state index in [0.29, 0.717) is 46.9 Å². The van der Waals surface area contributed by atoms with Crippen molar-refractivity contribution in [3.63, 3.8) is 0 Å². The summed E-state index contributed by atoms with van der Waals surface area (Å²) in [6.07, 6.45) is 0.528. The Morgan fingerprint density at radius 1 is 1.35 bits per heavy atom. The number of amides is 1. The largest absolute Gasteiger partial charge is 0.384 e. The molecule has 136 valence electrons. The second-order valence-corrected chi connectivity index (χ2v) is 5.96. The van der Waals surface area contributed by atoms with Gasteiger partial charge in [0.15, 0.2) is 5.82 Å². The van der Waals surface area contributed by atoms with Gasteiger partial charge >= 0.3 is 0 Å². The van der Waals surface area contributed by atoms with E-state index in [1.807, 2.05) is 0 Å². The van der Waals surface area contributed by atoms with Crippen LogP contribution in [0.15, 0.2) is 28.8 Å². The number of carbonyl (C=O) groups is 1. The average Bonchev–Trinajstić information content (AvgIpc) is 3.07. The van der Waals surface area contributed by atoms with Crippen LogP contribution in [0, 0.1) is 12.7 Å². The van der Waals surface area contributed by atoms with Gasteiger partial charge in [0.05, 0.1) is 17.7 Å². The number of hydrogen-bond acceptors (Lipinski definition) is 6. The van der Waals surface area contributed by atoms with Crippen molar-refractivity contribution in [2.45, 2.75) is 26.3 Å². The molecule has 0 aliphatic heterocycles. The van der Waals surface area contributed by atoms with Gasteiger partial charge in [0.25, 0.3) is 5.91 Å².